The van der Waals surface area contributed by atoms with Gasteiger partial charge in [-0.15, -0.1) is 11.8 Å². The molecule has 0 aliphatic carbocycles. The first-order valence-corrected chi connectivity index (χ1v) is 7.40. The Morgan fingerprint density at radius 3 is 2.65 bits per heavy atom. The van der Waals surface area contributed by atoms with Crippen LogP contribution in [0, 0.1) is 11.6 Å². The fourth-order valence-corrected chi connectivity index (χ4v) is 3.48. The summed E-state index contributed by atoms with van der Waals surface area (Å²) >= 11 is 1.40. The summed E-state index contributed by atoms with van der Waals surface area (Å²) < 4.78 is 26.9. The maximum absolute atomic E-state index is 13.9. The monoisotopic (exact) mass is 300 g/mol. The number of thioether (sulfide) groups is 1. The van der Waals surface area contributed by atoms with E-state index in [1.54, 1.807) is 4.90 Å². The molecule has 0 saturated carbocycles. The normalized spacial score (nSPS) is 22.9. The lowest BCUT2D eigenvalue weighted by atomic mass is 10.2. The van der Waals surface area contributed by atoms with Crippen LogP contribution in [0.1, 0.15) is 17.9 Å². The van der Waals surface area contributed by atoms with Crippen LogP contribution in [0.3, 0.4) is 0 Å². The van der Waals surface area contributed by atoms with Gasteiger partial charge in [0.2, 0.25) is 5.91 Å². The van der Waals surface area contributed by atoms with E-state index in [-0.39, 0.29) is 16.5 Å². The van der Waals surface area contributed by atoms with E-state index in [1.165, 1.54) is 23.9 Å². The number of hydrogen-bond acceptors (Lipinski definition) is 3. The predicted octanol–water partition coefficient (Wildman–Crippen LogP) is 2.49. The number of carbonyl (C=O) groups is 1. The lowest BCUT2D eigenvalue weighted by Crippen LogP contribution is -2.36. The van der Waals surface area contributed by atoms with Gasteiger partial charge >= 0.3 is 0 Å². The Bertz CT molecular complexity index is 510. The van der Waals surface area contributed by atoms with Crippen LogP contribution in [0.25, 0.3) is 0 Å². The van der Waals surface area contributed by atoms with Crippen molar-refractivity contribution >= 4 is 17.7 Å². The standard InChI is InChI=1S/C14H18F2N2OS/c1-9-13(19)18(7-6-17(2)3)14(20-9)11-5-4-10(15)8-12(11)16/h4-5,8-9,14H,6-7H2,1-3H3. The number of rotatable bonds is 4. The Morgan fingerprint density at radius 1 is 1.35 bits per heavy atom. The van der Waals surface area contributed by atoms with Crippen LogP contribution in [0.5, 0.6) is 0 Å². The number of benzene rings is 1. The van der Waals surface area contributed by atoms with E-state index < -0.39 is 11.6 Å². The van der Waals surface area contributed by atoms with E-state index in [4.69, 9.17) is 0 Å². The van der Waals surface area contributed by atoms with Gasteiger partial charge in [0, 0.05) is 24.7 Å². The maximum Gasteiger partial charge on any atom is 0.236 e. The molecule has 1 aliphatic rings. The fraction of sp³-hybridized carbons (Fsp3) is 0.500. The minimum Gasteiger partial charge on any atom is -0.324 e. The summed E-state index contributed by atoms with van der Waals surface area (Å²) in [5.41, 5.74) is 0.368. The smallest absolute Gasteiger partial charge is 0.236 e. The second kappa shape index (κ2) is 6.10. The second-order valence-electron chi connectivity index (χ2n) is 5.13. The number of carbonyl (C=O) groups excluding carboxylic acids is 1. The summed E-state index contributed by atoms with van der Waals surface area (Å²) in [5.74, 6) is -1.20. The minimum atomic E-state index is -0.603. The van der Waals surface area contributed by atoms with Gasteiger partial charge in [-0.25, -0.2) is 8.78 Å². The van der Waals surface area contributed by atoms with Gasteiger partial charge in [-0.3, -0.25) is 4.79 Å². The van der Waals surface area contributed by atoms with E-state index in [0.717, 1.165) is 6.07 Å². The quantitative estimate of drug-likeness (QED) is 0.853. The van der Waals surface area contributed by atoms with Crippen LogP contribution in [0.4, 0.5) is 8.78 Å². The van der Waals surface area contributed by atoms with Gasteiger partial charge in [-0.2, -0.15) is 0 Å². The molecule has 1 saturated heterocycles. The molecule has 2 rings (SSSR count). The molecule has 1 amide bonds. The van der Waals surface area contributed by atoms with Crippen molar-refractivity contribution < 1.29 is 13.6 Å². The van der Waals surface area contributed by atoms with E-state index in [1.807, 2.05) is 25.9 Å². The third-order valence-corrected chi connectivity index (χ3v) is 4.64. The van der Waals surface area contributed by atoms with Crippen molar-refractivity contribution in [1.29, 1.82) is 0 Å². The van der Waals surface area contributed by atoms with E-state index in [0.29, 0.717) is 18.7 Å². The van der Waals surface area contributed by atoms with Gasteiger partial charge in [0.25, 0.3) is 0 Å². The Labute approximate surface area is 121 Å². The van der Waals surface area contributed by atoms with Crippen LogP contribution in [-0.2, 0) is 4.79 Å². The highest BCUT2D eigenvalue weighted by Crippen LogP contribution is 2.43. The van der Waals surface area contributed by atoms with Gasteiger partial charge in [-0.1, -0.05) is 6.07 Å². The van der Waals surface area contributed by atoms with Crippen molar-refractivity contribution in [2.24, 2.45) is 0 Å². The molecule has 6 heteroatoms. The van der Waals surface area contributed by atoms with Crippen molar-refractivity contribution in [3.8, 4) is 0 Å². The zero-order valence-corrected chi connectivity index (χ0v) is 12.6. The second-order valence-corrected chi connectivity index (χ2v) is 6.56. The molecule has 2 atom stereocenters. The summed E-state index contributed by atoms with van der Waals surface area (Å²) in [7, 11) is 3.84. The first-order valence-electron chi connectivity index (χ1n) is 6.45. The van der Waals surface area contributed by atoms with E-state index in [9.17, 15) is 13.6 Å². The molecular formula is C14H18F2N2OS. The van der Waals surface area contributed by atoms with Gasteiger partial charge in [0.15, 0.2) is 0 Å². The first kappa shape index (κ1) is 15.3. The third-order valence-electron chi connectivity index (χ3n) is 3.26. The maximum atomic E-state index is 13.9. The Hall–Kier alpha value is -1.14. The SMILES string of the molecule is CC1SC(c2ccc(F)cc2F)N(CCN(C)C)C1=O. The molecule has 1 fully saturated rings. The van der Waals surface area contributed by atoms with Crippen LogP contribution in [0.2, 0.25) is 0 Å². The highest BCUT2D eigenvalue weighted by Gasteiger charge is 2.39. The molecule has 20 heavy (non-hydrogen) atoms. The Balaban J connectivity index is 2.25. The van der Waals surface area contributed by atoms with Crippen molar-refractivity contribution in [2.75, 3.05) is 27.2 Å². The molecule has 1 aromatic rings. The van der Waals surface area contributed by atoms with Crippen LogP contribution < -0.4 is 0 Å². The van der Waals surface area contributed by atoms with E-state index in [2.05, 4.69) is 0 Å². The van der Waals surface area contributed by atoms with E-state index >= 15 is 0 Å². The number of likely N-dealkylation sites (N-methyl/N-ethyl adjacent to an activating group) is 1. The highest BCUT2D eigenvalue weighted by molar-refractivity contribution is 8.01. The van der Waals surface area contributed by atoms with Crippen molar-refractivity contribution in [1.82, 2.24) is 9.80 Å². The summed E-state index contributed by atoms with van der Waals surface area (Å²) in [6, 6.07) is 3.53. The molecule has 0 aromatic heterocycles. The summed E-state index contributed by atoms with van der Waals surface area (Å²) in [5, 5.41) is -0.579. The molecule has 0 radical (unpaired) electrons. The highest BCUT2D eigenvalue weighted by atomic mass is 32.2. The topological polar surface area (TPSA) is 23.6 Å². The molecule has 1 aliphatic heterocycles. The molecule has 1 heterocycles. The minimum absolute atomic E-state index is 0.00516. The first-order chi connectivity index (χ1) is 9.40. The zero-order chi connectivity index (χ0) is 14.9. The summed E-state index contributed by atoms with van der Waals surface area (Å²) in [6.07, 6.45) is 0. The zero-order valence-electron chi connectivity index (χ0n) is 11.8. The summed E-state index contributed by atoms with van der Waals surface area (Å²) in [4.78, 5) is 15.8. The predicted molar refractivity (Wildman–Crippen MR) is 76.4 cm³/mol. The van der Waals surface area contributed by atoms with Gasteiger partial charge in [0.05, 0.1) is 5.25 Å². The van der Waals surface area contributed by atoms with Crippen LogP contribution in [-0.4, -0.2) is 48.1 Å². The van der Waals surface area contributed by atoms with Crippen molar-refractivity contribution in [3.63, 3.8) is 0 Å². The Morgan fingerprint density at radius 2 is 2.05 bits per heavy atom. The number of hydrogen-bond donors (Lipinski definition) is 0. The lowest BCUT2D eigenvalue weighted by molar-refractivity contribution is -0.129. The van der Waals surface area contributed by atoms with Crippen LogP contribution in [0.15, 0.2) is 18.2 Å². The molecule has 3 nitrogen and oxygen atoms in total. The fourth-order valence-electron chi connectivity index (χ4n) is 2.15. The molecule has 0 N–H and O–H groups in total. The largest absolute Gasteiger partial charge is 0.324 e. The third kappa shape index (κ3) is 3.12. The molecule has 110 valence electrons. The van der Waals surface area contributed by atoms with Gasteiger partial charge in [0.1, 0.15) is 17.0 Å². The lowest BCUT2D eigenvalue weighted by Gasteiger charge is -2.25. The number of nitrogens with zero attached hydrogens (tertiary/aromatic N) is 2. The van der Waals surface area contributed by atoms with Crippen LogP contribution >= 0.6 is 11.8 Å². The molecular weight excluding hydrogens is 282 g/mol. The van der Waals surface area contributed by atoms with Gasteiger partial charge in [-0.05, 0) is 27.1 Å². The Kier molecular flexibility index (Phi) is 4.65. The van der Waals surface area contributed by atoms with Gasteiger partial charge < -0.3 is 9.80 Å². The number of halogens is 2. The average molecular weight is 300 g/mol. The molecule has 0 bridgehead atoms. The molecule has 1 aromatic carbocycles. The molecule has 2 unspecified atom stereocenters. The molecule has 0 spiro atoms. The average Bonchev–Trinajstić information content (AvgIpc) is 2.63. The summed E-state index contributed by atoms with van der Waals surface area (Å²) in [6.45, 7) is 3.06. The van der Waals surface area contributed by atoms with Crippen molar-refractivity contribution in [2.45, 2.75) is 17.5 Å². The number of amides is 1. The van der Waals surface area contributed by atoms with Crippen molar-refractivity contribution in [3.05, 3.63) is 35.4 Å².